The van der Waals surface area contributed by atoms with Gasteiger partial charge in [-0.1, -0.05) is 11.6 Å². The minimum Gasteiger partial charge on any atom is -0.343 e. The SMILES string of the molecule is C[C@H](NC(=O)c1nnc2ccc(Cl)cc2n1)c1ccncc1. The number of rotatable bonds is 3. The first-order valence-electron chi connectivity index (χ1n) is 6.64. The Labute approximate surface area is 131 Å². The molecular formula is C15H12ClN5O. The molecule has 0 saturated heterocycles. The molecule has 1 aromatic carbocycles. The van der Waals surface area contributed by atoms with E-state index in [2.05, 4.69) is 25.5 Å². The van der Waals surface area contributed by atoms with Gasteiger partial charge in [-0.25, -0.2) is 4.98 Å². The highest BCUT2D eigenvalue weighted by Gasteiger charge is 2.15. The lowest BCUT2D eigenvalue weighted by atomic mass is 10.1. The number of aromatic nitrogens is 4. The lowest BCUT2D eigenvalue weighted by Gasteiger charge is -2.13. The molecule has 110 valence electrons. The van der Waals surface area contributed by atoms with Crippen LogP contribution in [-0.4, -0.2) is 26.1 Å². The second-order valence-electron chi connectivity index (χ2n) is 4.74. The molecule has 0 radical (unpaired) electrons. The highest BCUT2D eigenvalue weighted by molar-refractivity contribution is 6.31. The first-order valence-corrected chi connectivity index (χ1v) is 7.02. The molecule has 2 heterocycles. The topological polar surface area (TPSA) is 80.7 Å². The van der Waals surface area contributed by atoms with Crippen molar-refractivity contribution in [3.8, 4) is 0 Å². The first-order chi connectivity index (χ1) is 10.6. The van der Waals surface area contributed by atoms with Crippen LogP contribution in [-0.2, 0) is 0 Å². The van der Waals surface area contributed by atoms with Gasteiger partial charge in [0.15, 0.2) is 0 Å². The van der Waals surface area contributed by atoms with Crippen LogP contribution < -0.4 is 5.32 Å². The zero-order chi connectivity index (χ0) is 15.5. The standard InChI is InChI=1S/C15H12ClN5O/c1-9(10-4-6-17-7-5-10)18-15(22)14-19-13-8-11(16)2-3-12(13)20-21-14/h2-9H,1H3,(H,18,22)/t9-/m0/s1. The molecule has 0 spiro atoms. The van der Waals surface area contributed by atoms with Gasteiger partial charge in [-0.2, -0.15) is 0 Å². The van der Waals surface area contributed by atoms with Gasteiger partial charge >= 0.3 is 0 Å². The van der Waals surface area contributed by atoms with E-state index in [0.717, 1.165) is 5.56 Å². The number of hydrogen-bond acceptors (Lipinski definition) is 5. The van der Waals surface area contributed by atoms with E-state index in [4.69, 9.17) is 11.6 Å². The van der Waals surface area contributed by atoms with Crippen molar-refractivity contribution in [2.75, 3.05) is 0 Å². The smallest absolute Gasteiger partial charge is 0.291 e. The van der Waals surface area contributed by atoms with Crippen molar-refractivity contribution in [3.05, 3.63) is 59.1 Å². The maximum absolute atomic E-state index is 12.2. The van der Waals surface area contributed by atoms with Crippen molar-refractivity contribution in [2.24, 2.45) is 0 Å². The lowest BCUT2D eigenvalue weighted by molar-refractivity contribution is 0.0928. The van der Waals surface area contributed by atoms with Gasteiger partial charge in [0.25, 0.3) is 5.91 Å². The van der Waals surface area contributed by atoms with Crippen LogP contribution in [0.4, 0.5) is 0 Å². The molecule has 3 aromatic rings. The van der Waals surface area contributed by atoms with Crippen LogP contribution in [0.5, 0.6) is 0 Å². The highest BCUT2D eigenvalue weighted by Crippen LogP contribution is 2.15. The van der Waals surface area contributed by atoms with Crippen molar-refractivity contribution < 1.29 is 4.79 Å². The summed E-state index contributed by atoms with van der Waals surface area (Å²) in [6, 6.07) is 8.54. The highest BCUT2D eigenvalue weighted by atomic mass is 35.5. The molecule has 22 heavy (non-hydrogen) atoms. The molecule has 1 atom stereocenters. The van der Waals surface area contributed by atoms with Gasteiger partial charge in [0.05, 0.1) is 11.6 Å². The Bertz CT molecular complexity index is 825. The summed E-state index contributed by atoms with van der Waals surface area (Å²) in [7, 11) is 0. The third-order valence-corrected chi connectivity index (χ3v) is 3.41. The maximum Gasteiger partial charge on any atom is 0.291 e. The summed E-state index contributed by atoms with van der Waals surface area (Å²) in [5.74, 6) is -0.380. The Morgan fingerprint density at radius 3 is 2.68 bits per heavy atom. The Morgan fingerprint density at radius 2 is 1.91 bits per heavy atom. The summed E-state index contributed by atoms with van der Waals surface area (Å²) < 4.78 is 0. The number of carbonyl (C=O) groups is 1. The lowest BCUT2D eigenvalue weighted by Crippen LogP contribution is -2.28. The van der Waals surface area contributed by atoms with Crippen molar-refractivity contribution in [1.82, 2.24) is 25.5 Å². The van der Waals surface area contributed by atoms with Crippen LogP contribution >= 0.6 is 11.6 Å². The summed E-state index contributed by atoms with van der Waals surface area (Å²) in [5.41, 5.74) is 2.06. The minimum absolute atomic E-state index is 0.00988. The van der Waals surface area contributed by atoms with Gasteiger partial charge in [0.1, 0.15) is 5.52 Å². The van der Waals surface area contributed by atoms with E-state index in [1.54, 1.807) is 30.6 Å². The Hall–Kier alpha value is -2.60. The molecule has 0 fully saturated rings. The number of fused-ring (bicyclic) bond motifs is 1. The van der Waals surface area contributed by atoms with E-state index in [1.807, 2.05) is 19.1 Å². The summed E-state index contributed by atoms with van der Waals surface area (Å²) in [5, 5.41) is 11.2. The zero-order valence-corrected chi connectivity index (χ0v) is 12.4. The fourth-order valence-electron chi connectivity index (χ4n) is 2.00. The summed E-state index contributed by atoms with van der Waals surface area (Å²) >= 11 is 5.92. The third-order valence-electron chi connectivity index (χ3n) is 3.17. The largest absolute Gasteiger partial charge is 0.343 e. The Kier molecular flexibility index (Phi) is 3.93. The van der Waals surface area contributed by atoms with Gasteiger partial charge < -0.3 is 5.32 Å². The van der Waals surface area contributed by atoms with Gasteiger partial charge in [-0.3, -0.25) is 9.78 Å². The van der Waals surface area contributed by atoms with Crippen LogP contribution in [0.1, 0.15) is 29.1 Å². The number of halogens is 1. The van der Waals surface area contributed by atoms with Crippen LogP contribution in [0.3, 0.4) is 0 Å². The van der Waals surface area contributed by atoms with Crippen molar-refractivity contribution in [1.29, 1.82) is 0 Å². The Morgan fingerprint density at radius 1 is 1.14 bits per heavy atom. The maximum atomic E-state index is 12.2. The number of hydrogen-bond donors (Lipinski definition) is 1. The van der Waals surface area contributed by atoms with Crippen LogP contribution in [0.25, 0.3) is 11.0 Å². The van der Waals surface area contributed by atoms with Crippen LogP contribution in [0, 0.1) is 0 Å². The summed E-state index contributed by atoms with van der Waals surface area (Å²) in [6.45, 7) is 1.87. The number of pyridine rings is 1. The van der Waals surface area contributed by atoms with Gasteiger partial charge in [0, 0.05) is 17.4 Å². The second-order valence-corrected chi connectivity index (χ2v) is 5.18. The molecule has 0 aliphatic heterocycles. The molecule has 3 rings (SSSR count). The van der Waals surface area contributed by atoms with Crippen LogP contribution in [0.2, 0.25) is 5.02 Å². The average molecular weight is 314 g/mol. The zero-order valence-electron chi connectivity index (χ0n) is 11.7. The molecular weight excluding hydrogens is 302 g/mol. The van der Waals surface area contributed by atoms with Gasteiger partial charge in [-0.05, 0) is 42.8 Å². The predicted molar refractivity (Wildman–Crippen MR) is 82.5 cm³/mol. The van der Waals surface area contributed by atoms with E-state index in [1.165, 1.54) is 0 Å². The molecule has 1 amide bonds. The molecule has 0 saturated carbocycles. The average Bonchev–Trinajstić information content (AvgIpc) is 2.54. The monoisotopic (exact) mass is 313 g/mol. The molecule has 6 nitrogen and oxygen atoms in total. The molecule has 0 unspecified atom stereocenters. The fourth-order valence-corrected chi connectivity index (χ4v) is 2.17. The molecule has 7 heteroatoms. The fraction of sp³-hybridized carbons (Fsp3) is 0.133. The summed E-state index contributed by atoms with van der Waals surface area (Å²) in [4.78, 5) is 20.4. The molecule has 0 bridgehead atoms. The van der Waals surface area contributed by atoms with Gasteiger partial charge in [-0.15, -0.1) is 10.2 Å². The quantitative estimate of drug-likeness (QED) is 0.803. The van der Waals surface area contributed by atoms with Gasteiger partial charge in [0.2, 0.25) is 5.82 Å². The van der Waals surface area contributed by atoms with Crippen LogP contribution in [0.15, 0.2) is 42.7 Å². The Balaban J connectivity index is 1.83. The van der Waals surface area contributed by atoms with Crippen molar-refractivity contribution in [2.45, 2.75) is 13.0 Å². The van der Waals surface area contributed by atoms with E-state index in [-0.39, 0.29) is 11.9 Å². The normalized spacial score (nSPS) is 12.1. The van der Waals surface area contributed by atoms with E-state index in [9.17, 15) is 4.79 Å². The summed E-state index contributed by atoms with van der Waals surface area (Å²) in [6.07, 6.45) is 3.35. The number of nitrogens with one attached hydrogen (secondary N) is 1. The molecule has 0 aliphatic carbocycles. The predicted octanol–water partition coefficient (Wildman–Crippen LogP) is 2.56. The van der Waals surface area contributed by atoms with E-state index < -0.39 is 5.91 Å². The first kappa shape index (κ1) is 14.3. The van der Waals surface area contributed by atoms with E-state index in [0.29, 0.717) is 16.1 Å². The molecule has 1 N–H and O–H groups in total. The number of benzene rings is 1. The van der Waals surface area contributed by atoms with Crippen molar-refractivity contribution >= 4 is 28.5 Å². The molecule has 2 aromatic heterocycles. The number of carbonyl (C=O) groups excluding carboxylic acids is 1. The third kappa shape index (κ3) is 3.01. The number of nitrogens with zero attached hydrogens (tertiary/aromatic N) is 4. The molecule has 0 aliphatic rings. The number of amides is 1. The van der Waals surface area contributed by atoms with E-state index >= 15 is 0 Å². The van der Waals surface area contributed by atoms with Crippen molar-refractivity contribution in [3.63, 3.8) is 0 Å². The minimum atomic E-state index is -0.390. The second kappa shape index (κ2) is 6.03.